The molecule has 2 heterocycles. The number of carbonyl (C=O) groups is 2. The fraction of sp³-hybridized carbons (Fsp3) is 0.500. The van der Waals surface area contributed by atoms with E-state index in [1.807, 2.05) is 30.9 Å². The predicted octanol–water partition coefficient (Wildman–Crippen LogP) is 0.750. The molecule has 2 N–H and O–H groups in total. The molecular formula is C14H20N4O2. The largest absolute Gasteiger partial charge is 0.370 e. The molecule has 0 bridgehead atoms. The molecule has 0 aromatic carbocycles. The SMILES string of the molecule is CCNc1cc(CN2CC(=O)NC(=O)C2CC)ccn1. The molecule has 1 saturated heterocycles. The van der Waals surface area contributed by atoms with E-state index in [4.69, 9.17) is 0 Å². The van der Waals surface area contributed by atoms with Crippen molar-refractivity contribution in [2.75, 3.05) is 18.4 Å². The van der Waals surface area contributed by atoms with Gasteiger partial charge >= 0.3 is 0 Å². The minimum absolute atomic E-state index is 0.204. The summed E-state index contributed by atoms with van der Waals surface area (Å²) in [6, 6.07) is 3.61. The number of pyridine rings is 1. The molecule has 0 saturated carbocycles. The molecule has 1 fully saturated rings. The number of hydrogen-bond donors (Lipinski definition) is 2. The number of amides is 2. The lowest BCUT2D eigenvalue weighted by Crippen LogP contribution is -2.57. The maximum Gasteiger partial charge on any atom is 0.243 e. The third-order valence-corrected chi connectivity index (χ3v) is 3.31. The second kappa shape index (κ2) is 6.47. The molecule has 6 heteroatoms. The van der Waals surface area contributed by atoms with E-state index >= 15 is 0 Å². The molecule has 6 nitrogen and oxygen atoms in total. The van der Waals surface area contributed by atoms with Crippen LogP contribution in [0.25, 0.3) is 0 Å². The van der Waals surface area contributed by atoms with Crippen molar-refractivity contribution in [3.63, 3.8) is 0 Å². The van der Waals surface area contributed by atoms with E-state index < -0.39 is 0 Å². The first kappa shape index (κ1) is 14.5. The summed E-state index contributed by atoms with van der Waals surface area (Å²) in [4.78, 5) is 29.4. The summed E-state index contributed by atoms with van der Waals surface area (Å²) < 4.78 is 0. The highest BCUT2D eigenvalue weighted by atomic mass is 16.2. The topological polar surface area (TPSA) is 74.3 Å². The van der Waals surface area contributed by atoms with Gasteiger partial charge in [-0.3, -0.25) is 19.8 Å². The first-order valence-corrected chi connectivity index (χ1v) is 6.90. The molecular weight excluding hydrogens is 256 g/mol. The van der Waals surface area contributed by atoms with Gasteiger partial charge in [0.05, 0.1) is 12.6 Å². The Labute approximate surface area is 118 Å². The van der Waals surface area contributed by atoms with Crippen LogP contribution in [-0.4, -0.2) is 40.8 Å². The van der Waals surface area contributed by atoms with Crippen molar-refractivity contribution in [3.05, 3.63) is 23.9 Å². The van der Waals surface area contributed by atoms with Crippen LogP contribution in [0, 0.1) is 0 Å². The number of aromatic nitrogens is 1. The summed E-state index contributed by atoms with van der Waals surface area (Å²) in [5.41, 5.74) is 1.04. The van der Waals surface area contributed by atoms with Gasteiger partial charge in [0.15, 0.2) is 0 Å². The van der Waals surface area contributed by atoms with E-state index in [9.17, 15) is 9.59 Å². The summed E-state index contributed by atoms with van der Waals surface area (Å²) in [5, 5.41) is 5.54. The van der Waals surface area contributed by atoms with Gasteiger partial charge in [0, 0.05) is 19.3 Å². The zero-order valence-electron chi connectivity index (χ0n) is 11.8. The van der Waals surface area contributed by atoms with E-state index in [1.54, 1.807) is 6.20 Å². The van der Waals surface area contributed by atoms with Gasteiger partial charge in [0.1, 0.15) is 5.82 Å². The lowest BCUT2D eigenvalue weighted by atomic mass is 10.1. The van der Waals surface area contributed by atoms with Gasteiger partial charge in [-0.25, -0.2) is 4.98 Å². The van der Waals surface area contributed by atoms with Crippen LogP contribution >= 0.6 is 0 Å². The molecule has 1 unspecified atom stereocenters. The number of anilines is 1. The van der Waals surface area contributed by atoms with Crippen molar-refractivity contribution in [1.29, 1.82) is 0 Å². The predicted molar refractivity (Wildman–Crippen MR) is 76.0 cm³/mol. The number of imide groups is 1. The highest BCUT2D eigenvalue weighted by molar-refractivity contribution is 6.01. The molecule has 1 aliphatic rings. The summed E-state index contributed by atoms with van der Waals surface area (Å²) in [5.74, 6) is 0.371. The first-order valence-electron chi connectivity index (χ1n) is 6.90. The third-order valence-electron chi connectivity index (χ3n) is 3.31. The monoisotopic (exact) mass is 276 g/mol. The lowest BCUT2D eigenvalue weighted by Gasteiger charge is -2.33. The maximum atomic E-state index is 11.8. The smallest absolute Gasteiger partial charge is 0.243 e. The van der Waals surface area contributed by atoms with Gasteiger partial charge in [0.25, 0.3) is 0 Å². The van der Waals surface area contributed by atoms with E-state index in [2.05, 4.69) is 15.6 Å². The van der Waals surface area contributed by atoms with Crippen LogP contribution in [-0.2, 0) is 16.1 Å². The highest BCUT2D eigenvalue weighted by Crippen LogP contribution is 2.15. The van der Waals surface area contributed by atoms with Crippen molar-refractivity contribution in [2.45, 2.75) is 32.9 Å². The molecule has 2 rings (SSSR count). The molecule has 20 heavy (non-hydrogen) atoms. The van der Waals surface area contributed by atoms with Crippen LogP contribution in [0.3, 0.4) is 0 Å². The minimum Gasteiger partial charge on any atom is -0.370 e. The fourth-order valence-electron chi connectivity index (χ4n) is 2.42. The average molecular weight is 276 g/mol. The molecule has 1 aromatic heterocycles. The Morgan fingerprint density at radius 2 is 2.25 bits per heavy atom. The second-order valence-electron chi connectivity index (χ2n) is 4.82. The summed E-state index contributed by atoms with van der Waals surface area (Å²) in [6.45, 7) is 5.58. The van der Waals surface area contributed by atoms with Crippen LogP contribution in [0.1, 0.15) is 25.8 Å². The van der Waals surface area contributed by atoms with Crippen molar-refractivity contribution in [1.82, 2.24) is 15.2 Å². The Morgan fingerprint density at radius 1 is 1.45 bits per heavy atom. The van der Waals surface area contributed by atoms with Crippen molar-refractivity contribution in [3.8, 4) is 0 Å². The molecule has 1 atom stereocenters. The van der Waals surface area contributed by atoms with Crippen LogP contribution in [0.2, 0.25) is 0 Å². The summed E-state index contributed by atoms with van der Waals surface area (Å²) in [6.07, 6.45) is 2.42. The number of carbonyl (C=O) groups excluding carboxylic acids is 2. The van der Waals surface area contributed by atoms with Crippen LogP contribution in [0.4, 0.5) is 5.82 Å². The highest BCUT2D eigenvalue weighted by Gasteiger charge is 2.32. The van der Waals surface area contributed by atoms with E-state index in [1.165, 1.54) is 0 Å². The molecule has 0 aliphatic carbocycles. The number of nitrogens with zero attached hydrogens (tertiary/aromatic N) is 2. The van der Waals surface area contributed by atoms with E-state index in [0.29, 0.717) is 13.0 Å². The Hall–Kier alpha value is -1.95. The first-order chi connectivity index (χ1) is 9.63. The lowest BCUT2D eigenvalue weighted by molar-refractivity contribution is -0.140. The van der Waals surface area contributed by atoms with E-state index in [-0.39, 0.29) is 24.4 Å². The van der Waals surface area contributed by atoms with Gasteiger partial charge in [-0.05, 0) is 31.0 Å². The quantitative estimate of drug-likeness (QED) is 0.776. The van der Waals surface area contributed by atoms with Gasteiger partial charge in [-0.2, -0.15) is 0 Å². The van der Waals surface area contributed by atoms with Crippen LogP contribution in [0.15, 0.2) is 18.3 Å². The maximum absolute atomic E-state index is 11.8. The number of rotatable bonds is 5. The van der Waals surface area contributed by atoms with E-state index in [0.717, 1.165) is 17.9 Å². The van der Waals surface area contributed by atoms with Gasteiger partial charge < -0.3 is 5.32 Å². The molecule has 2 amide bonds. The van der Waals surface area contributed by atoms with Crippen LogP contribution < -0.4 is 10.6 Å². The summed E-state index contributed by atoms with van der Waals surface area (Å²) >= 11 is 0. The Balaban J connectivity index is 2.12. The minimum atomic E-state index is -0.247. The Bertz CT molecular complexity index is 504. The standard InChI is InChI=1S/C14H20N4O2/c1-3-11-14(20)17-13(19)9-18(11)8-10-5-6-16-12(7-10)15-4-2/h5-7,11H,3-4,8-9H2,1-2H3,(H,15,16)(H,17,19,20). The normalized spacial score (nSPS) is 19.8. The zero-order valence-corrected chi connectivity index (χ0v) is 11.8. The molecule has 0 spiro atoms. The third kappa shape index (κ3) is 3.33. The number of hydrogen-bond acceptors (Lipinski definition) is 5. The molecule has 0 radical (unpaired) electrons. The molecule has 1 aliphatic heterocycles. The number of piperazine rings is 1. The second-order valence-corrected chi connectivity index (χ2v) is 4.82. The summed E-state index contributed by atoms with van der Waals surface area (Å²) in [7, 11) is 0. The number of nitrogens with one attached hydrogen (secondary N) is 2. The Morgan fingerprint density at radius 3 is 2.95 bits per heavy atom. The molecule has 108 valence electrons. The van der Waals surface area contributed by atoms with Crippen molar-refractivity contribution in [2.24, 2.45) is 0 Å². The molecule has 1 aromatic rings. The van der Waals surface area contributed by atoms with Crippen molar-refractivity contribution < 1.29 is 9.59 Å². The fourth-order valence-corrected chi connectivity index (χ4v) is 2.42. The zero-order chi connectivity index (χ0) is 14.5. The average Bonchev–Trinajstić information content (AvgIpc) is 2.39. The van der Waals surface area contributed by atoms with Crippen molar-refractivity contribution >= 4 is 17.6 Å². The van der Waals surface area contributed by atoms with Gasteiger partial charge in [0.2, 0.25) is 11.8 Å². The Kier molecular flexibility index (Phi) is 4.68. The van der Waals surface area contributed by atoms with Gasteiger partial charge in [-0.1, -0.05) is 6.92 Å². The van der Waals surface area contributed by atoms with Crippen LogP contribution in [0.5, 0.6) is 0 Å². The van der Waals surface area contributed by atoms with Gasteiger partial charge in [-0.15, -0.1) is 0 Å².